The number of amides is 1. The fourth-order valence-corrected chi connectivity index (χ4v) is 2.79. The monoisotopic (exact) mass is 270 g/mol. The normalized spacial score (nSPS) is 31.4. The van der Waals surface area contributed by atoms with Gasteiger partial charge in [-0.1, -0.05) is 0 Å². The van der Waals surface area contributed by atoms with E-state index in [0.29, 0.717) is 19.5 Å². The van der Waals surface area contributed by atoms with Crippen LogP contribution in [-0.2, 0) is 9.53 Å². The zero-order valence-electron chi connectivity index (χ0n) is 11.7. The van der Waals surface area contributed by atoms with Crippen molar-refractivity contribution in [2.24, 2.45) is 17.6 Å². The van der Waals surface area contributed by atoms with Crippen LogP contribution >= 0.6 is 0 Å². The minimum atomic E-state index is -1.09. The van der Waals surface area contributed by atoms with Gasteiger partial charge in [0.1, 0.15) is 11.1 Å². The number of nitrogens with two attached hydrogens (primary N) is 1. The number of carbonyl (C=O) groups is 2. The summed E-state index contributed by atoms with van der Waals surface area (Å²) in [4.78, 5) is 24.5. The predicted octanol–water partition coefficient (Wildman–Crippen LogP) is 1.05. The molecule has 1 saturated carbocycles. The quantitative estimate of drug-likeness (QED) is 0.782. The molecule has 6 heteroatoms. The third kappa shape index (κ3) is 2.54. The zero-order chi connectivity index (χ0) is 14.4. The van der Waals surface area contributed by atoms with E-state index in [4.69, 9.17) is 15.6 Å². The molecule has 2 aliphatic rings. The van der Waals surface area contributed by atoms with Crippen LogP contribution in [0.5, 0.6) is 0 Å². The Morgan fingerprint density at radius 3 is 2.32 bits per heavy atom. The van der Waals surface area contributed by atoms with Gasteiger partial charge in [-0.2, -0.15) is 0 Å². The summed E-state index contributed by atoms with van der Waals surface area (Å²) in [5.41, 5.74) is 4.29. The fraction of sp³-hybridized carbons (Fsp3) is 0.846. The summed E-state index contributed by atoms with van der Waals surface area (Å²) in [6, 6.07) is 0. The van der Waals surface area contributed by atoms with Gasteiger partial charge in [0, 0.05) is 13.1 Å². The molecule has 3 N–H and O–H groups in total. The number of likely N-dealkylation sites (tertiary alicyclic amines) is 1. The highest BCUT2D eigenvalue weighted by atomic mass is 16.6. The first-order valence-electron chi connectivity index (χ1n) is 6.64. The van der Waals surface area contributed by atoms with Gasteiger partial charge in [0.25, 0.3) is 0 Å². The molecule has 2 atom stereocenters. The highest BCUT2D eigenvalue weighted by molar-refractivity contribution is 5.80. The molecule has 2 unspecified atom stereocenters. The summed E-state index contributed by atoms with van der Waals surface area (Å²) in [6.45, 7) is 6.56. The van der Waals surface area contributed by atoms with Crippen molar-refractivity contribution >= 4 is 12.1 Å². The maximum Gasteiger partial charge on any atom is 0.410 e. The summed E-state index contributed by atoms with van der Waals surface area (Å²) >= 11 is 0. The highest BCUT2D eigenvalue weighted by Crippen LogP contribution is 2.45. The first kappa shape index (κ1) is 14.1. The Labute approximate surface area is 112 Å². The number of ether oxygens (including phenoxy) is 1. The van der Waals surface area contributed by atoms with Gasteiger partial charge < -0.3 is 20.5 Å². The van der Waals surface area contributed by atoms with Crippen LogP contribution in [0, 0.1) is 11.8 Å². The molecule has 1 aliphatic carbocycles. The van der Waals surface area contributed by atoms with Crippen molar-refractivity contribution in [1.29, 1.82) is 0 Å². The topological polar surface area (TPSA) is 92.9 Å². The van der Waals surface area contributed by atoms with Gasteiger partial charge >= 0.3 is 12.1 Å². The first-order valence-corrected chi connectivity index (χ1v) is 6.64. The summed E-state index contributed by atoms with van der Waals surface area (Å²) in [7, 11) is 0. The molecule has 6 nitrogen and oxygen atoms in total. The largest absolute Gasteiger partial charge is 0.480 e. The average molecular weight is 270 g/mol. The van der Waals surface area contributed by atoms with Crippen molar-refractivity contribution in [3.63, 3.8) is 0 Å². The molecule has 0 bridgehead atoms. The molecule has 1 amide bonds. The van der Waals surface area contributed by atoms with Crippen molar-refractivity contribution < 1.29 is 19.4 Å². The minimum absolute atomic E-state index is 0.0244. The molecule has 108 valence electrons. The highest BCUT2D eigenvalue weighted by Gasteiger charge is 2.56. The molecule has 0 aromatic rings. The standard InChI is InChI=1S/C13H22N2O4/c1-12(2,3)19-11(18)15-6-8(7-15)9-4-5-13(9,14)10(16)17/h8-9H,4-7,14H2,1-3H3,(H,16,17). The second kappa shape index (κ2) is 4.37. The Bertz CT molecular complexity index is 398. The molecule has 0 aromatic heterocycles. The Morgan fingerprint density at radius 1 is 1.37 bits per heavy atom. The third-order valence-electron chi connectivity index (χ3n) is 4.06. The van der Waals surface area contributed by atoms with Gasteiger partial charge in [0.2, 0.25) is 0 Å². The van der Waals surface area contributed by atoms with Crippen molar-refractivity contribution in [3.8, 4) is 0 Å². The van der Waals surface area contributed by atoms with E-state index in [1.165, 1.54) is 0 Å². The maximum absolute atomic E-state index is 11.8. The van der Waals surface area contributed by atoms with Gasteiger partial charge in [-0.25, -0.2) is 4.79 Å². The van der Waals surface area contributed by atoms with Crippen molar-refractivity contribution in [1.82, 2.24) is 4.90 Å². The summed E-state index contributed by atoms with van der Waals surface area (Å²) < 4.78 is 5.26. The second-order valence-electron chi connectivity index (χ2n) is 6.64. The summed E-state index contributed by atoms with van der Waals surface area (Å²) in [5, 5.41) is 9.13. The Hall–Kier alpha value is -1.30. The number of carboxylic acid groups (broad SMARTS) is 1. The van der Waals surface area contributed by atoms with E-state index in [9.17, 15) is 9.59 Å². The van der Waals surface area contributed by atoms with Gasteiger partial charge in [-0.3, -0.25) is 4.79 Å². The molecule has 0 spiro atoms. The van der Waals surface area contributed by atoms with Crippen LogP contribution in [-0.4, -0.2) is 46.3 Å². The number of hydrogen-bond donors (Lipinski definition) is 2. The molecule has 1 saturated heterocycles. The van der Waals surface area contributed by atoms with Crippen LogP contribution in [0.15, 0.2) is 0 Å². The van der Waals surface area contributed by atoms with E-state index >= 15 is 0 Å². The van der Waals surface area contributed by atoms with Crippen LogP contribution in [0.2, 0.25) is 0 Å². The molecule has 2 rings (SSSR count). The van der Waals surface area contributed by atoms with Gasteiger partial charge in [-0.15, -0.1) is 0 Å². The Kier molecular flexibility index (Phi) is 3.24. The smallest absolute Gasteiger partial charge is 0.410 e. The number of rotatable bonds is 2. The van der Waals surface area contributed by atoms with Crippen molar-refractivity contribution in [3.05, 3.63) is 0 Å². The number of carbonyl (C=O) groups excluding carboxylic acids is 1. The van der Waals surface area contributed by atoms with Crippen LogP contribution in [0.25, 0.3) is 0 Å². The lowest BCUT2D eigenvalue weighted by Crippen LogP contribution is -2.68. The van der Waals surface area contributed by atoms with Crippen LogP contribution in [0.4, 0.5) is 4.79 Å². The first-order chi connectivity index (χ1) is 8.63. The van der Waals surface area contributed by atoms with E-state index < -0.39 is 17.1 Å². The average Bonchev–Trinajstić information content (AvgIpc) is 2.16. The molecule has 19 heavy (non-hydrogen) atoms. The van der Waals surface area contributed by atoms with E-state index in [-0.39, 0.29) is 17.9 Å². The van der Waals surface area contributed by atoms with E-state index in [1.807, 2.05) is 20.8 Å². The van der Waals surface area contributed by atoms with Crippen LogP contribution < -0.4 is 5.73 Å². The molecule has 2 fully saturated rings. The zero-order valence-corrected chi connectivity index (χ0v) is 11.7. The third-order valence-corrected chi connectivity index (χ3v) is 4.06. The van der Waals surface area contributed by atoms with Crippen LogP contribution in [0.1, 0.15) is 33.6 Å². The lowest BCUT2D eigenvalue weighted by atomic mass is 9.60. The molecule has 1 aliphatic heterocycles. The molecule has 0 aromatic carbocycles. The van der Waals surface area contributed by atoms with E-state index in [0.717, 1.165) is 6.42 Å². The molecular formula is C13H22N2O4. The van der Waals surface area contributed by atoms with Crippen molar-refractivity contribution in [2.75, 3.05) is 13.1 Å². The minimum Gasteiger partial charge on any atom is -0.480 e. The van der Waals surface area contributed by atoms with E-state index in [1.54, 1.807) is 4.90 Å². The molecular weight excluding hydrogens is 248 g/mol. The summed E-state index contributed by atoms with van der Waals surface area (Å²) in [6.07, 6.45) is 1.02. The number of aliphatic carboxylic acids is 1. The Balaban J connectivity index is 1.84. The number of hydrogen-bond acceptors (Lipinski definition) is 4. The van der Waals surface area contributed by atoms with Crippen molar-refractivity contribution in [2.45, 2.75) is 44.8 Å². The van der Waals surface area contributed by atoms with E-state index in [2.05, 4.69) is 0 Å². The number of nitrogens with zero attached hydrogens (tertiary/aromatic N) is 1. The lowest BCUT2D eigenvalue weighted by Gasteiger charge is -2.53. The maximum atomic E-state index is 11.8. The Morgan fingerprint density at radius 2 is 1.95 bits per heavy atom. The van der Waals surface area contributed by atoms with Gasteiger partial charge in [0.15, 0.2) is 0 Å². The molecule has 1 heterocycles. The lowest BCUT2D eigenvalue weighted by molar-refractivity contribution is -0.154. The van der Waals surface area contributed by atoms with Gasteiger partial charge in [-0.05, 0) is 45.4 Å². The predicted molar refractivity (Wildman–Crippen MR) is 68.6 cm³/mol. The second-order valence-corrected chi connectivity index (χ2v) is 6.64. The SMILES string of the molecule is CC(C)(C)OC(=O)N1CC(C2CCC2(N)C(=O)O)C1. The van der Waals surface area contributed by atoms with Gasteiger partial charge in [0.05, 0.1) is 0 Å². The fourth-order valence-electron chi connectivity index (χ4n) is 2.79. The summed E-state index contributed by atoms with van der Waals surface area (Å²) in [5.74, 6) is -0.773. The molecule has 0 radical (unpaired) electrons. The number of carboxylic acids is 1. The van der Waals surface area contributed by atoms with Crippen LogP contribution in [0.3, 0.4) is 0 Å².